The fourth-order valence-corrected chi connectivity index (χ4v) is 5.18. The molecule has 0 saturated carbocycles. The molecule has 1 aromatic carbocycles. The number of hydrogen-bond acceptors (Lipinski definition) is 6. The number of aromatic nitrogens is 3. The number of rotatable bonds is 6. The summed E-state index contributed by atoms with van der Waals surface area (Å²) in [7, 11) is 1.75. The number of hydrogen-bond donors (Lipinski definition) is 0. The molecule has 3 aromatic heterocycles. The number of carbonyl (C=O) groups excluding carboxylic acids is 1. The molecule has 0 saturated heterocycles. The van der Waals surface area contributed by atoms with Crippen LogP contribution in [-0.4, -0.2) is 38.1 Å². The lowest BCUT2D eigenvalue weighted by Gasteiger charge is -2.17. The molecule has 31 heavy (non-hydrogen) atoms. The van der Waals surface area contributed by atoms with Crippen molar-refractivity contribution in [3.05, 3.63) is 79.9 Å². The number of amides is 1. The first-order chi connectivity index (χ1) is 14.9. The van der Waals surface area contributed by atoms with Gasteiger partial charge in [0.05, 0.1) is 27.5 Å². The van der Waals surface area contributed by atoms with Crippen LogP contribution < -0.4 is 5.56 Å². The summed E-state index contributed by atoms with van der Waals surface area (Å²) in [6, 6.07) is 14.6. The summed E-state index contributed by atoms with van der Waals surface area (Å²) in [6.45, 7) is 2.37. The summed E-state index contributed by atoms with van der Waals surface area (Å²) >= 11 is 8.66. The minimum absolute atomic E-state index is 0.0683. The lowest BCUT2D eigenvalue weighted by Crippen LogP contribution is -2.28. The van der Waals surface area contributed by atoms with Crippen molar-refractivity contribution in [2.45, 2.75) is 18.6 Å². The average Bonchev–Trinajstić information content (AvgIpc) is 3.17. The van der Waals surface area contributed by atoms with Gasteiger partial charge in [-0.2, -0.15) is 0 Å². The minimum Gasteiger partial charge on any atom is -0.340 e. The number of thioether (sulfide) groups is 1. The van der Waals surface area contributed by atoms with Crippen LogP contribution in [0.25, 0.3) is 16.7 Å². The molecule has 3 heterocycles. The Morgan fingerprint density at radius 2 is 2.00 bits per heavy atom. The van der Waals surface area contributed by atoms with Crippen LogP contribution in [0, 0.1) is 6.92 Å². The average molecular weight is 471 g/mol. The standard InChI is InChI=1S/C22H19ClN4O2S2/c1-14-6-5-11-24-20(14)27-21(29)16-7-3-4-8-17(16)25-22(27)30-13-19(28)26(2)12-15-9-10-18(23)31-15/h3-11H,12-13H2,1-2H3. The van der Waals surface area contributed by atoms with Crippen molar-refractivity contribution < 1.29 is 4.79 Å². The Balaban J connectivity index is 1.65. The highest BCUT2D eigenvalue weighted by molar-refractivity contribution is 7.99. The zero-order valence-corrected chi connectivity index (χ0v) is 19.3. The number of pyridine rings is 1. The molecule has 0 fully saturated rings. The molecule has 0 radical (unpaired) electrons. The molecule has 0 N–H and O–H groups in total. The van der Waals surface area contributed by atoms with Gasteiger partial charge in [0.15, 0.2) is 5.16 Å². The van der Waals surface area contributed by atoms with Crippen molar-refractivity contribution >= 4 is 51.5 Å². The van der Waals surface area contributed by atoms with E-state index in [2.05, 4.69) is 9.97 Å². The summed E-state index contributed by atoms with van der Waals surface area (Å²) < 4.78 is 2.19. The van der Waals surface area contributed by atoms with Gasteiger partial charge in [-0.25, -0.2) is 14.5 Å². The molecule has 0 atom stereocenters. The van der Waals surface area contributed by atoms with Gasteiger partial charge >= 0.3 is 0 Å². The van der Waals surface area contributed by atoms with Gasteiger partial charge in [0.2, 0.25) is 5.91 Å². The zero-order chi connectivity index (χ0) is 22.0. The Kier molecular flexibility index (Phi) is 6.41. The topological polar surface area (TPSA) is 68.1 Å². The van der Waals surface area contributed by atoms with E-state index in [1.54, 1.807) is 30.3 Å². The third-order valence-corrected chi connectivity index (χ3v) is 6.85. The Labute approximate surface area is 192 Å². The fourth-order valence-electron chi connectivity index (χ4n) is 3.10. The number of halogens is 1. The highest BCUT2D eigenvalue weighted by Crippen LogP contribution is 2.24. The second-order valence-corrected chi connectivity index (χ2v) is 9.68. The van der Waals surface area contributed by atoms with E-state index in [1.165, 1.54) is 27.7 Å². The molecule has 0 unspecified atom stereocenters. The number of carbonyl (C=O) groups is 1. The second kappa shape index (κ2) is 9.21. The van der Waals surface area contributed by atoms with Crippen LogP contribution in [0.15, 0.2) is 64.7 Å². The van der Waals surface area contributed by atoms with E-state index < -0.39 is 0 Å². The molecule has 0 spiro atoms. The maximum atomic E-state index is 13.3. The minimum atomic E-state index is -0.205. The van der Waals surface area contributed by atoms with Crippen LogP contribution >= 0.6 is 34.7 Å². The van der Waals surface area contributed by atoms with Gasteiger partial charge in [0.25, 0.3) is 5.56 Å². The number of para-hydroxylation sites is 1. The molecule has 0 bridgehead atoms. The van der Waals surface area contributed by atoms with Crippen molar-refractivity contribution in [1.82, 2.24) is 19.4 Å². The number of nitrogens with zero attached hydrogens (tertiary/aromatic N) is 4. The molecular weight excluding hydrogens is 452 g/mol. The first-order valence-electron chi connectivity index (χ1n) is 9.49. The molecule has 0 aliphatic rings. The highest BCUT2D eigenvalue weighted by Gasteiger charge is 2.18. The molecule has 4 aromatic rings. The van der Waals surface area contributed by atoms with E-state index in [0.29, 0.717) is 32.8 Å². The van der Waals surface area contributed by atoms with Crippen molar-refractivity contribution in [3.63, 3.8) is 0 Å². The van der Waals surface area contributed by atoms with Crippen molar-refractivity contribution in [1.29, 1.82) is 0 Å². The number of aryl methyl sites for hydroxylation is 1. The Hall–Kier alpha value is -2.68. The van der Waals surface area contributed by atoms with Gasteiger partial charge in [-0.05, 0) is 42.8 Å². The largest absolute Gasteiger partial charge is 0.340 e. The van der Waals surface area contributed by atoms with E-state index in [-0.39, 0.29) is 17.2 Å². The van der Waals surface area contributed by atoms with Crippen molar-refractivity contribution in [2.75, 3.05) is 12.8 Å². The lowest BCUT2D eigenvalue weighted by atomic mass is 10.2. The van der Waals surface area contributed by atoms with Gasteiger partial charge in [-0.15, -0.1) is 11.3 Å². The lowest BCUT2D eigenvalue weighted by molar-refractivity contribution is -0.127. The SMILES string of the molecule is Cc1cccnc1-n1c(SCC(=O)N(C)Cc2ccc(Cl)s2)nc2ccccc2c1=O. The van der Waals surface area contributed by atoms with Gasteiger partial charge in [-0.3, -0.25) is 9.59 Å². The number of thiophene rings is 1. The fraction of sp³-hybridized carbons (Fsp3) is 0.182. The number of fused-ring (bicyclic) bond motifs is 1. The number of benzene rings is 1. The maximum Gasteiger partial charge on any atom is 0.267 e. The van der Waals surface area contributed by atoms with Crippen LogP contribution in [0.2, 0.25) is 4.34 Å². The van der Waals surface area contributed by atoms with Crippen LogP contribution in [0.5, 0.6) is 0 Å². The summed E-state index contributed by atoms with van der Waals surface area (Å²) in [5, 5.41) is 0.946. The van der Waals surface area contributed by atoms with E-state index in [0.717, 1.165) is 10.4 Å². The third kappa shape index (κ3) is 4.66. The first-order valence-corrected chi connectivity index (χ1v) is 11.7. The normalized spacial score (nSPS) is 11.1. The van der Waals surface area contributed by atoms with E-state index in [4.69, 9.17) is 11.6 Å². The van der Waals surface area contributed by atoms with E-state index >= 15 is 0 Å². The monoisotopic (exact) mass is 470 g/mol. The van der Waals surface area contributed by atoms with Crippen LogP contribution in [-0.2, 0) is 11.3 Å². The van der Waals surface area contributed by atoms with Crippen LogP contribution in [0.1, 0.15) is 10.4 Å². The van der Waals surface area contributed by atoms with Gasteiger partial charge in [0.1, 0.15) is 5.82 Å². The summed E-state index contributed by atoms with van der Waals surface area (Å²) in [5.41, 5.74) is 1.24. The first kappa shape index (κ1) is 21.5. The summed E-state index contributed by atoms with van der Waals surface area (Å²) in [6.07, 6.45) is 1.64. The van der Waals surface area contributed by atoms with Gasteiger partial charge in [0, 0.05) is 18.1 Å². The quantitative estimate of drug-likeness (QED) is 0.305. The Morgan fingerprint density at radius 3 is 2.74 bits per heavy atom. The van der Waals surface area contributed by atoms with Gasteiger partial charge < -0.3 is 4.90 Å². The zero-order valence-electron chi connectivity index (χ0n) is 16.9. The van der Waals surface area contributed by atoms with E-state index in [9.17, 15) is 9.59 Å². The maximum absolute atomic E-state index is 13.3. The predicted octanol–water partition coefficient (Wildman–Crippen LogP) is 4.55. The molecule has 0 aliphatic carbocycles. The molecule has 4 rings (SSSR count). The van der Waals surface area contributed by atoms with Crippen molar-refractivity contribution in [2.24, 2.45) is 0 Å². The summed E-state index contributed by atoms with van der Waals surface area (Å²) in [5.74, 6) is 0.593. The van der Waals surface area contributed by atoms with Crippen LogP contribution in [0.3, 0.4) is 0 Å². The molecule has 6 nitrogen and oxygen atoms in total. The molecule has 9 heteroatoms. The molecule has 1 amide bonds. The Morgan fingerprint density at radius 1 is 1.19 bits per heavy atom. The second-order valence-electron chi connectivity index (χ2n) is 6.94. The summed E-state index contributed by atoms with van der Waals surface area (Å²) in [4.78, 5) is 37.7. The van der Waals surface area contributed by atoms with Gasteiger partial charge in [-0.1, -0.05) is 41.6 Å². The predicted molar refractivity (Wildman–Crippen MR) is 126 cm³/mol. The smallest absolute Gasteiger partial charge is 0.267 e. The molecule has 158 valence electrons. The van der Waals surface area contributed by atoms with Crippen molar-refractivity contribution in [3.8, 4) is 5.82 Å². The van der Waals surface area contributed by atoms with E-state index in [1.807, 2.05) is 43.3 Å². The molecule has 0 aliphatic heterocycles. The van der Waals surface area contributed by atoms with Crippen LogP contribution in [0.4, 0.5) is 0 Å². The highest BCUT2D eigenvalue weighted by atomic mass is 35.5. The molecular formula is C22H19ClN4O2S2. The third-order valence-electron chi connectivity index (χ3n) is 4.71. The Bertz CT molecular complexity index is 1320.